The summed E-state index contributed by atoms with van der Waals surface area (Å²) in [6, 6.07) is 6.23. The Labute approximate surface area is 112 Å². The van der Waals surface area contributed by atoms with Crippen LogP contribution in [-0.4, -0.2) is 14.8 Å². The zero-order valence-corrected chi connectivity index (χ0v) is 11.7. The summed E-state index contributed by atoms with van der Waals surface area (Å²) in [5, 5.41) is 8.35. The topological polar surface area (TPSA) is 59.6 Å². The van der Waals surface area contributed by atoms with Crippen molar-refractivity contribution in [3.8, 4) is 11.3 Å². The van der Waals surface area contributed by atoms with Crippen molar-refractivity contribution in [2.24, 2.45) is 7.05 Å². The Morgan fingerprint density at radius 1 is 1.16 bits per heavy atom. The van der Waals surface area contributed by atoms with Crippen LogP contribution < -0.4 is 5.73 Å². The molecule has 0 saturated carbocycles. The van der Waals surface area contributed by atoms with Crippen molar-refractivity contribution in [2.75, 3.05) is 5.73 Å². The Morgan fingerprint density at radius 2 is 1.84 bits per heavy atom. The average Bonchev–Trinajstić information content (AvgIpc) is 2.89. The van der Waals surface area contributed by atoms with Gasteiger partial charge in [0.2, 0.25) is 0 Å². The summed E-state index contributed by atoms with van der Waals surface area (Å²) in [6.45, 7) is 6.42. The van der Waals surface area contributed by atoms with Crippen LogP contribution in [0.1, 0.15) is 16.8 Å². The first kappa shape index (κ1) is 11.8. The fourth-order valence-corrected chi connectivity index (χ4v) is 2.86. The van der Waals surface area contributed by atoms with E-state index in [0.29, 0.717) is 5.82 Å². The van der Waals surface area contributed by atoms with Crippen LogP contribution in [0.5, 0.6) is 0 Å². The van der Waals surface area contributed by atoms with E-state index in [1.807, 2.05) is 6.07 Å². The molecule has 0 amide bonds. The maximum atomic E-state index is 5.74. The lowest BCUT2D eigenvalue weighted by Crippen LogP contribution is -1.92. The van der Waals surface area contributed by atoms with Crippen molar-refractivity contribution in [3.05, 3.63) is 35.0 Å². The molecule has 2 heterocycles. The van der Waals surface area contributed by atoms with Crippen LogP contribution in [0.15, 0.2) is 18.2 Å². The van der Waals surface area contributed by atoms with Crippen molar-refractivity contribution in [3.63, 3.8) is 0 Å². The number of benzene rings is 1. The quantitative estimate of drug-likeness (QED) is 0.701. The van der Waals surface area contributed by atoms with Crippen LogP contribution in [-0.2, 0) is 7.05 Å². The van der Waals surface area contributed by atoms with Gasteiger partial charge in [0.15, 0.2) is 0 Å². The number of aromatic nitrogens is 3. The van der Waals surface area contributed by atoms with Gasteiger partial charge < -0.3 is 10.3 Å². The lowest BCUT2D eigenvalue weighted by atomic mass is 10.0. The third-order valence-corrected chi connectivity index (χ3v) is 3.91. The molecule has 0 aliphatic heterocycles. The van der Waals surface area contributed by atoms with Crippen molar-refractivity contribution < 1.29 is 0 Å². The van der Waals surface area contributed by atoms with Gasteiger partial charge in [-0.1, -0.05) is 12.1 Å². The van der Waals surface area contributed by atoms with E-state index in [4.69, 9.17) is 5.73 Å². The molecule has 3 N–H and O–H groups in total. The average molecular weight is 254 g/mol. The highest BCUT2D eigenvalue weighted by atomic mass is 15.2. The van der Waals surface area contributed by atoms with E-state index >= 15 is 0 Å². The Hall–Kier alpha value is -2.23. The lowest BCUT2D eigenvalue weighted by molar-refractivity contribution is 0.914. The van der Waals surface area contributed by atoms with Crippen LogP contribution in [0.4, 0.5) is 5.82 Å². The van der Waals surface area contributed by atoms with Gasteiger partial charge >= 0.3 is 0 Å². The number of nitrogens with two attached hydrogens (primary N) is 1. The molecule has 0 unspecified atom stereocenters. The Bertz CT molecular complexity index is 777. The van der Waals surface area contributed by atoms with Crippen LogP contribution in [0, 0.1) is 20.8 Å². The maximum Gasteiger partial charge on any atom is 0.145 e. The van der Waals surface area contributed by atoms with E-state index in [-0.39, 0.29) is 0 Å². The molecule has 0 radical (unpaired) electrons. The molecule has 0 aliphatic rings. The smallest absolute Gasteiger partial charge is 0.145 e. The Balaban J connectivity index is 2.49. The van der Waals surface area contributed by atoms with Gasteiger partial charge in [-0.25, -0.2) is 0 Å². The number of rotatable bonds is 1. The summed E-state index contributed by atoms with van der Waals surface area (Å²) in [4.78, 5) is 0. The van der Waals surface area contributed by atoms with Gasteiger partial charge in [0.25, 0.3) is 0 Å². The SMILES string of the molecule is Cc1ccc(C)c2c1c(-c1cc(N)n[nH]1)c(C)n2C. The summed E-state index contributed by atoms with van der Waals surface area (Å²) < 4.78 is 2.24. The molecule has 0 atom stereocenters. The molecule has 0 bridgehead atoms. The first-order valence-electron chi connectivity index (χ1n) is 6.37. The van der Waals surface area contributed by atoms with E-state index < -0.39 is 0 Å². The van der Waals surface area contributed by atoms with E-state index in [1.54, 1.807) is 0 Å². The third-order valence-electron chi connectivity index (χ3n) is 3.91. The number of hydrogen-bond donors (Lipinski definition) is 2. The number of nitrogen functional groups attached to an aromatic ring is 1. The monoisotopic (exact) mass is 254 g/mol. The molecule has 4 nitrogen and oxygen atoms in total. The molecule has 0 saturated heterocycles. The van der Waals surface area contributed by atoms with E-state index in [0.717, 1.165) is 5.69 Å². The van der Waals surface area contributed by atoms with Gasteiger partial charge in [0, 0.05) is 29.8 Å². The van der Waals surface area contributed by atoms with Gasteiger partial charge in [0.1, 0.15) is 5.82 Å². The standard InChI is InChI=1S/C15H18N4/c1-8-5-6-9(2)15-13(8)14(10(3)19(15)4)11-7-12(16)18-17-11/h5-7H,1-4H3,(H3,16,17,18). The minimum atomic E-state index is 0.525. The highest BCUT2D eigenvalue weighted by molar-refractivity contribution is 6.01. The zero-order valence-electron chi connectivity index (χ0n) is 11.7. The number of nitrogens with one attached hydrogen (secondary N) is 1. The Morgan fingerprint density at radius 3 is 2.47 bits per heavy atom. The van der Waals surface area contributed by atoms with Crippen molar-refractivity contribution in [2.45, 2.75) is 20.8 Å². The molecular weight excluding hydrogens is 236 g/mol. The molecule has 3 aromatic rings. The first-order valence-corrected chi connectivity index (χ1v) is 6.37. The number of hydrogen-bond acceptors (Lipinski definition) is 2. The predicted molar refractivity (Wildman–Crippen MR) is 79.1 cm³/mol. The largest absolute Gasteiger partial charge is 0.382 e. The van der Waals surface area contributed by atoms with E-state index in [1.165, 1.54) is 33.3 Å². The van der Waals surface area contributed by atoms with Crippen LogP contribution in [0.2, 0.25) is 0 Å². The number of nitrogens with zero attached hydrogens (tertiary/aromatic N) is 2. The van der Waals surface area contributed by atoms with Gasteiger partial charge in [-0.15, -0.1) is 0 Å². The maximum absolute atomic E-state index is 5.74. The number of anilines is 1. The second-order valence-corrected chi connectivity index (χ2v) is 5.15. The minimum Gasteiger partial charge on any atom is -0.382 e. The first-order chi connectivity index (χ1) is 9.00. The van der Waals surface area contributed by atoms with Gasteiger partial charge in [-0.05, 0) is 31.9 Å². The molecule has 0 fully saturated rings. The molecule has 4 heteroatoms. The second-order valence-electron chi connectivity index (χ2n) is 5.15. The summed E-state index contributed by atoms with van der Waals surface area (Å²) in [5.41, 5.74) is 13.0. The summed E-state index contributed by atoms with van der Waals surface area (Å²) in [6.07, 6.45) is 0. The highest BCUT2D eigenvalue weighted by Gasteiger charge is 2.18. The molecule has 1 aromatic carbocycles. The van der Waals surface area contributed by atoms with Crippen LogP contribution in [0.25, 0.3) is 22.2 Å². The van der Waals surface area contributed by atoms with Crippen molar-refractivity contribution in [1.29, 1.82) is 0 Å². The van der Waals surface area contributed by atoms with Crippen LogP contribution in [0.3, 0.4) is 0 Å². The number of fused-ring (bicyclic) bond motifs is 1. The van der Waals surface area contributed by atoms with Crippen molar-refractivity contribution >= 4 is 16.7 Å². The predicted octanol–water partition coefficient (Wildman–Crippen LogP) is 3.08. The normalized spacial score (nSPS) is 11.4. The second kappa shape index (κ2) is 3.88. The zero-order chi connectivity index (χ0) is 13.7. The fraction of sp³-hybridized carbons (Fsp3) is 0.267. The number of aryl methyl sites for hydroxylation is 3. The number of H-pyrrole nitrogens is 1. The fourth-order valence-electron chi connectivity index (χ4n) is 2.86. The van der Waals surface area contributed by atoms with Gasteiger partial charge in [0.05, 0.1) is 11.2 Å². The molecule has 0 aliphatic carbocycles. The van der Waals surface area contributed by atoms with E-state index in [9.17, 15) is 0 Å². The third kappa shape index (κ3) is 1.56. The molecule has 2 aromatic heterocycles. The Kier molecular flexibility index (Phi) is 2.42. The van der Waals surface area contributed by atoms with Crippen LogP contribution >= 0.6 is 0 Å². The minimum absolute atomic E-state index is 0.525. The summed E-state index contributed by atoms with van der Waals surface area (Å²) in [7, 11) is 2.10. The van der Waals surface area contributed by atoms with E-state index in [2.05, 4.69) is 54.7 Å². The molecule has 0 spiro atoms. The summed E-state index contributed by atoms with van der Waals surface area (Å²) in [5.74, 6) is 0.525. The van der Waals surface area contributed by atoms with Gasteiger partial charge in [-0.3, -0.25) is 5.10 Å². The lowest BCUT2D eigenvalue weighted by Gasteiger charge is -2.04. The highest BCUT2D eigenvalue weighted by Crippen LogP contribution is 2.36. The molecule has 3 rings (SSSR count). The van der Waals surface area contributed by atoms with Gasteiger partial charge in [-0.2, -0.15) is 5.10 Å². The molecule has 98 valence electrons. The molecular formula is C15H18N4. The number of aromatic amines is 1. The summed E-state index contributed by atoms with van der Waals surface area (Å²) >= 11 is 0. The molecule has 19 heavy (non-hydrogen) atoms. The van der Waals surface area contributed by atoms with Crippen molar-refractivity contribution in [1.82, 2.24) is 14.8 Å².